The summed E-state index contributed by atoms with van der Waals surface area (Å²) >= 11 is 0. The highest BCUT2D eigenvalue weighted by atomic mass is 16.5. The summed E-state index contributed by atoms with van der Waals surface area (Å²) in [5, 5.41) is 10.5. The van der Waals surface area contributed by atoms with Crippen LogP contribution in [0.25, 0.3) is 6.08 Å². The van der Waals surface area contributed by atoms with Crippen molar-refractivity contribution < 1.29 is 14.6 Å². The Hall–Kier alpha value is -2.66. The molecule has 0 atom stereocenters. The Balaban J connectivity index is 1.69. The number of ether oxygens (including phenoxy) is 2. The maximum atomic E-state index is 10.5. The van der Waals surface area contributed by atoms with Crippen LogP contribution in [0.1, 0.15) is 25.0 Å². The van der Waals surface area contributed by atoms with Crippen LogP contribution in [0.15, 0.2) is 42.5 Å². The first kappa shape index (κ1) is 20.1. The molecule has 0 aromatic heterocycles. The van der Waals surface area contributed by atoms with Crippen LogP contribution in [0, 0.1) is 0 Å². The topological polar surface area (TPSA) is 45.2 Å². The van der Waals surface area contributed by atoms with Crippen LogP contribution < -0.4 is 14.4 Å². The summed E-state index contributed by atoms with van der Waals surface area (Å²) in [5.74, 6) is 1.70. The van der Waals surface area contributed by atoms with Crippen LogP contribution in [0.4, 0.5) is 5.69 Å². The van der Waals surface area contributed by atoms with Gasteiger partial charge in [0, 0.05) is 38.3 Å². The van der Waals surface area contributed by atoms with Gasteiger partial charge in [-0.15, -0.1) is 0 Å². The molecule has 5 nitrogen and oxygen atoms in total. The van der Waals surface area contributed by atoms with Gasteiger partial charge in [0.25, 0.3) is 0 Å². The first-order chi connectivity index (χ1) is 13.7. The summed E-state index contributed by atoms with van der Waals surface area (Å²) in [6.07, 6.45) is 4.01. The van der Waals surface area contributed by atoms with Gasteiger partial charge in [0.1, 0.15) is 5.75 Å². The normalized spacial score (nSPS) is 15.2. The zero-order valence-corrected chi connectivity index (χ0v) is 17.0. The molecule has 0 bridgehead atoms. The molecule has 1 aliphatic heterocycles. The van der Waals surface area contributed by atoms with Crippen molar-refractivity contribution in [2.24, 2.45) is 0 Å². The summed E-state index contributed by atoms with van der Waals surface area (Å²) in [6, 6.07) is 12.1. The van der Waals surface area contributed by atoms with Crippen LogP contribution >= 0.6 is 0 Å². The molecule has 1 N–H and O–H groups in total. The Morgan fingerprint density at radius 3 is 2.50 bits per heavy atom. The predicted octanol–water partition coefficient (Wildman–Crippen LogP) is 4.15. The number of benzene rings is 2. The lowest BCUT2D eigenvalue weighted by atomic mass is 10.1. The summed E-state index contributed by atoms with van der Waals surface area (Å²) in [4.78, 5) is 4.74. The number of rotatable bonds is 7. The smallest absolute Gasteiger partial charge is 0.162 e. The van der Waals surface area contributed by atoms with Crippen LogP contribution in [-0.2, 0) is 6.54 Å². The van der Waals surface area contributed by atoms with E-state index in [4.69, 9.17) is 9.47 Å². The van der Waals surface area contributed by atoms with E-state index in [0.717, 1.165) is 48.7 Å². The number of hydrogen-bond donors (Lipinski definition) is 1. The fourth-order valence-corrected chi connectivity index (χ4v) is 3.64. The summed E-state index contributed by atoms with van der Waals surface area (Å²) in [5.41, 5.74) is 3.09. The van der Waals surface area contributed by atoms with Gasteiger partial charge < -0.3 is 19.5 Å². The Kier molecular flexibility index (Phi) is 6.82. The molecule has 1 saturated heterocycles. The minimum Gasteiger partial charge on any atom is -0.504 e. The van der Waals surface area contributed by atoms with Gasteiger partial charge in [0.15, 0.2) is 11.5 Å². The molecular formula is C23H30N2O3. The Morgan fingerprint density at radius 1 is 1.07 bits per heavy atom. The van der Waals surface area contributed by atoms with Crippen LogP contribution in [-0.4, -0.2) is 49.9 Å². The molecule has 0 unspecified atom stereocenters. The van der Waals surface area contributed by atoms with Gasteiger partial charge in [-0.05, 0) is 43.7 Å². The van der Waals surface area contributed by atoms with E-state index in [1.54, 1.807) is 7.11 Å². The fraction of sp³-hybridized carbons (Fsp3) is 0.391. The van der Waals surface area contributed by atoms with Gasteiger partial charge in [-0.2, -0.15) is 0 Å². The van der Waals surface area contributed by atoms with Gasteiger partial charge in [-0.3, -0.25) is 4.90 Å². The van der Waals surface area contributed by atoms with Crippen LogP contribution in [0.5, 0.6) is 17.2 Å². The van der Waals surface area contributed by atoms with Gasteiger partial charge in [0.05, 0.1) is 19.4 Å². The highest BCUT2D eigenvalue weighted by Gasteiger charge is 2.21. The van der Waals surface area contributed by atoms with Crippen LogP contribution in [0.3, 0.4) is 0 Å². The second-order valence-corrected chi connectivity index (χ2v) is 6.89. The largest absolute Gasteiger partial charge is 0.504 e. The third-order valence-electron chi connectivity index (χ3n) is 5.03. The monoisotopic (exact) mass is 382 g/mol. The van der Waals surface area contributed by atoms with Crippen molar-refractivity contribution in [1.29, 1.82) is 0 Å². The van der Waals surface area contributed by atoms with E-state index in [-0.39, 0.29) is 5.75 Å². The molecule has 1 heterocycles. The lowest BCUT2D eigenvalue weighted by Gasteiger charge is -2.36. The highest BCUT2D eigenvalue weighted by molar-refractivity contribution is 5.60. The van der Waals surface area contributed by atoms with Gasteiger partial charge >= 0.3 is 0 Å². The zero-order valence-electron chi connectivity index (χ0n) is 17.0. The van der Waals surface area contributed by atoms with Crippen LogP contribution in [0.2, 0.25) is 0 Å². The average molecular weight is 383 g/mol. The average Bonchev–Trinajstić information content (AvgIpc) is 2.72. The Labute approximate surface area is 167 Å². The maximum Gasteiger partial charge on any atom is 0.162 e. The second kappa shape index (κ2) is 9.51. The summed E-state index contributed by atoms with van der Waals surface area (Å²) in [6.45, 7) is 9.07. The first-order valence-electron chi connectivity index (χ1n) is 9.88. The van der Waals surface area contributed by atoms with E-state index >= 15 is 0 Å². The SMILES string of the molecule is C/C=C/c1cc(CN2CCN(c3ccccc3OCC)CC2)c(O)c(OC)c1. The van der Waals surface area contributed by atoms with Crippen molar-refractivity contribution in [2.45, 2.75) is 20.4 Å². The minimum atomic E-state index is 0.236. The highest BCUT2D eigenvalue weighted by Crippen LogP contribution is 2.34. The van der Waals surface area contributed by atoms with Gasteiger partial charge in [-0.1, -0.05) is 24.3 Å². The molecule has 0 aliphatic carbocycles. The number of phenols is 1. The minimum absolute atomic E-state index is 0.236. The molecule has 0 amide bonds. The molecule has 150 valence electrons. The van der Waals surface area contributed by atoms with Crippen molar-refractivity contribution >= 4 is 11.8 Å². The molecule has 1 fully saturated rings. The van der Waals surface area contributed by atoms with E-state index in [1.165, 1.54) is 0 Å². The zero-order chi connectivity index (χ0) is 19.9. The number of methoxy groups -OCH3 is 1. The van der Waals surface area contributed by atoms with E-state index in [1.807, 2.05) is 50.3 Å². The van der Waals surface area contributed by atoms with Crippen molar-refractivity contribution in [3.05, 3.63) is 53.6 Å². The summed E-state index contributed by atoms with van der Waals surface area (Å²) in [7, 11) is 1.59. The van der Waals surface area contributed by atoms with Gasteiger partial charge in [0.2, 0.25) is 0 Å². The molecule has 2 aromatic carbocycles. The lowest BCUT2D eigenvalue weighted by molar-refractivity contribution is 0.244. The number of hydrogen-bond acceptors (Lipinski definition) is 5. The molecule has 28 heavy (non-hydrogen) atoms. The first-order valence-corrected chi connectivity index (χ1v) is 9.88. The summed E-state index contributed by atoms with van der Waals surface area (Å²) < 4.78 is 11.1. The van der Waals surface area contributed by atoms with Crippen molar-refractivity contribution in [3.8, 4) is 17.2 Å². The third kappa shape index (κ3) is 4.60. The lowest BCUT2D eigenvalue weighted by Crippen LogP contribution is -2.46. The Bertz CT molecular complexity index is 811. The number of para-hydroxylation sites is 2. The second-order valence-electron chi connectivity index (χ2n) is 6.89. The van der Waals surface area contributed by atoms with Gasteiger partial charge in [-0.25, -0.2) is 0 Å². The number of nitrogens with zero attached hydrogens (tertiary/aromatic N) is 2. The molecule has 0 saturated carbocycles. The van der Waals surface area contributed by atoms with Crippen molar-refractivity contribution in [2.75, 3.05) is 44.8 Å². The molecule has 5 heteroatoms. The Morgan fingerprint density at radius 2 is 1.82 bits per heavy atom. The molecule has 0 radical (unpaired) electrons. The number of piperazine rings is 1. The number of phenolic OH excluding ortho intramolecular Hbond substituents is 1. The number of anilines is 1. The van der Waals surface area contributed by atoms with E-state index in [0.29, 0.717) is 18.9 Å². The maximum absolute atomic E-state index is 10.5. The molecule has 3 rings (SSSR count). The molecule has 2 aromatic rings. The standard InChI is InChI=1S/C23H30N2O3/c1-4-8-18-15-19(23(26)22(16-18)27-3)17-24-11-13-25(14-12-24)20-9-6-7-10-21(20)28-5-2/h4,6-10,15-16,26H,5,11-14,17H2,1-3H3/b8-4+. The molecular weight excluding hydrogens is 352 g/mol. The van der Waals surface area contributed by atoms with Crippen molar-refractivity contribution in [3.63, 3.8) is 0 Å². The quantitative estimate of drug-likeness (QED) is 0.779. The predicted molar refractivity (Wildman–Crippen MR) is 114 cm³/mol. The van der Waals surface area contributed by atoms with Crippen molar-refractivity contribution in [1.82, 2.24) is 4.90 Å². The molecule has 1 aliphatic rings. The fourth-order valence-electron chi connectivity index (χ4n) is 3.64. The number of aromatic hydroxyl groups is 1. The third-order valence-corrected chi connectivity index (χ3v) is 5.03. The number of allylic oxidation sites excluding steroid dienone is 1. The van der Waals surface area contributed by atoms with E-state index < -0.39 is 0 Å². The molecule has 0 spiro atoms. The van der Waals surface area contributed by atoms with E-state index in [9.17, 15) is 5.11 Å². The van der Waals surface area contributed by atoms with E-state index in [2.05, 4.69) is 21.9 Å².